The van der Waals surface area contributed by atoms with Crippen LogP contribution in [0.25, 0.3) is 0 Å². The average molecular weight is 293 g/mol. The molecule has 0 saturated heterocycles. The lowest BCUT2D eigenvalue weighted by Crippen LogP contribution is -2.22. The molecule has 0 bridgehead atoms. The number of hydrogen-bond donors (Lipinski definition) is 0. The Morgan fingerprint density at radius 2 is 1.82 bits per heavy atom. The molecule has 0 saturated carbocycles. The van der Waals surface area contributed by atoms with Crippen LogP contribution in [-0.4, -0.2) is 12.6 Å². The molecule has 0 aliphatic heterocycles. The minimum atomic E-state index is -0.618. The first-order valence-corrected chi connectivity index (χ1v) is 7.35. The highest BCUT2D eigenvalue weighted by Gasteiger charge is 2.32. The van der Waals surface area contributed by atoms with Gasteiger partial charge in [0, 0.05) is 0 Å². The molecule has 0 aliphatic carbocycles. The average Bonchev–Trinajstić information content (AvgIpc) is 2.53. The number of aryl methyl sites for hydroxylation is 1. The van der Waals surface area contributed by atoms with E-state index < -0.39 is 11.8 Å². The summed E-state index contributed by atoms with van der Waals surface area (Å²) >= 11 is 0. The van der Waals surface area contributed by atoms with Gasteiger partial charge >= 0.3 is 5.97 Å². The number of ether oxygens (including phenoxy) is 1. The van der Waals surface area contributed by atoms with Crippen LogP contribution < -0.4 is 0 Å². The Balaban J connectivity index is 2.47. The number of carbonyl (C=O) groups is 1. The Hall–Kier alpha value is -2.60. The number of hydrogen-bond acceptors (Lipinski definition) is 3. The van der Waals surface area contributed by atoms with E-state index in [1.54, 1.807) is 6.92 Å². The molecule has 0 aliphatic rings. The monoisotopic (exact) mass is 293 g/mol. The summed E-state index contributed by atoms with van der Waals surface area (Å²) in [5.41, 5.74) is 2.70. The lowest BCUT2D eigenvalue weighted by atomic mass is 9.82. The van der Waals surface area contributed by atoms with Crippen molar-refractivity contribution in [3.8, 4) is 6.07 Å². The molecule has 22 heavy (non-hydrogen) atoms. The number of nitriles is 1. The van der Waals surface area contributed by atoms with E-state index in [-0.39, 0.29) is 5.97 Å². The molecule has 0 amide bonds. The van der Waals surface area contributed by atoms with Crippen LogP contribution in [0, 0.1) is 18.3 Å². The van der Waals surface area contributed by atoms with Gasteiger partial charge in [0.1, 0.15) is 5.92 Å². The van der Waals surface area contributed by atoms with Gasteiger partial charge in [0.15, 0.2) is 0 Å². The van der Waals surface area contributed by atoms with Crippen LogP contribution in [0.3, 0.4) is 0 Å². The lowest BCUT2D eigenvalue weighted by Gasteiger charge is -2.21. The van der Waals surface area contributed by atoms with E-state index >= 15 is 0 Å². The summed E-state index contributed by atoms with van der Waals surface area (Å²) < 4.78 is 5.20. The number of nitrogens with zero attached hydrogens (tertiary/aromatic N) is 1. The minimum absolute atomic E-state index is 0.300. The van der Waals surface area contributed by atoms with Crippen LogP contribution in [0.1, 0.15) is 35.4 Å². The van der Waals surface area contributed by atoms with E-state index in [1.165, 1.54) is 0 Å². The lowest BCUT2D eigenvalue weighted by molar-refractivity contribution is -0.145. The fourth-order valence-corrected chi connectivity index (χ4v) is 2.56. The first-order chi connectivity index (χ1) is 10.7. The van der Waals surface area contributed by atoms with Gasteiger partial charge in [0.2, 0.25) is 0 Å². The van der Waals surface area contributed by atoms with Crippen LogP contribution >= 0.6 is 0 Å². The van der Waals surface area contributed by atoms with E-state index in [0.29, 0.717) is 6.61 Å². The van der Waals surface area contributed by atoms with Crippen molar-refractivity contribution in [1.82, 2.24) is 0 Å². The number of carbonyl (C=O) groups excluding carboxylic acids is 1. The molecule has 0 aromatic heterocycles. The zero-order valence-corrected chi connectivity index (χ0v) is 12.8. The van der Waals surface area contributed by atoms with Crippen molar-refractivity contribution < 1.29 is 9.53 Å². The van der Waals surface area contributed by atoms with Gasteiger partial charge < -0.3 is 4.74 Å². The third-order valence-corrected chi connectivity index (χ3v) is 3.57. The molecule has 0 fully saturated rings. The van der Waals surface area contributed by atoms with Crippen LogP contribution in [0.2, 0.25) is 0 Å². The molecule has 0 heterocycles. The van der Waals surface area contributed by atoms with Gasteiger partial charge in [0.25, 0.3) is 0 Å². The maximum atomic E-state index is 12.4. The van der Waals surface area contributed by atoms with Crippen LogP contribution in [0.4, 0.5) is 0 Å². The summed E-state index contributed by atoms with van der Waals surface area (Å²) in [4.78, 5) is 12.4. The highest BCUT2D eigenvalue weighted by atomic mass is 16.5. The molecule has 3 heteroatoms. The van der Waals surface area contributed by atoms with Gasteiger partial charge in [0.05, 0.1) is 18.6 Å². The molecule has 2 aromatic carbocycles. The van der Waals surface area contributed by atoms with E-state index in [0.717, 1.165) is 16.7 Å². The van der Waals surface area contributed by atoms with Gasteiger partial charge in [-0.2, -0.15) is 5.26 Å². The van der Waals surface area contributed by atoms with Crippen LogP contribution in [0.15, 0.2) is 54.6 Å². The molecule has 112 valence electrons. The summed E-state index contributed by atoms with van der Waals surface area (Å²) in [5, 5.41) is 9.66. The highest BCUT2D eigenvalue weighted by molar-refractivity contribution is 5.80. The number of rotatable bonds is 5. The Morgan fingerprint density at radius 1 is 1.14 bits per heavy atom. The second-order valence-electron chi connectivity index (χ2n) is 5.16. The Bertz CT molecular complexity index is 673. The third kappa shape index (κ3) is 3.53. The highest BCUT2D eigenvalue weighted by Crippen LogP contribution is 2.34. The van der Waals surface area contributed by atoms with Crippen LogP contribution in [-0.2, 0) is 9.53 Å². The second kappa shape index (κ2) is 7.42. The molecule has 3 nitrogen and oxygen atoms in total. The predicted octanol–water partition coefficient (Wildman–Crippen LogP) is 3.95. The maximum absolute atomic E-state index is 12.4. The normalized spacial score (nSPS) is 13.0. The fraction of sp³-hybridized carbons (Fsp3) is 0.263. The quantitative estimate of drug-likeness (QED) is 0.784. The Kier molecular flexibility index (Phi) is 5.32. The van der Waals surface area contributed by atoms with Crippen molar-refractivity contribution in [3.63, 3.8) is 0 Å². The molecule has 0 N–H and O–H groups in total. The summed E-state index contributed by atoms with van der Waals surface area (Å²) in [6.07, 6.45) is 0. The van der Waals surface area contributed by atoms with E-state index in [2.05, 4.69) is 6.07 Å². The van der Waals surface area contributed by atoms with E-state index in [1.807, 2.05) is 61.5 Å². The van der Waals surface area contributed by atoms with Gasteiger partial charge in [-0.25, -0.2) is 0 Å². The predicted molar refractivity (Wildman–Crippen MR) is 85.3 cm³/mol. The molecule has 2 unspecified atom stereocenters. The Labute approximate surface area is 131 Å². The summed E-state index contributed by atoms with van der Waals surface area (Å²) in [6, 6.07) is 19.3. The summed E-state index contributed by atoms with van der Waals surface area (Å²) in [5.74, 6) is -1.55. The van der Waals surface area contributed by atoms with Crippen LogP contribution in [0.5, 0.6) is 0 Å². The summed E-state index contributed by atoms with van der Waals surface area (Å²) in [7, 11) is 0. The van der Waals surface area contributed by atoms with Crippen molar-refractivity contribution in [2.45, 2.75) is 25.7 Å². The minimum Gasteiger partial charge on any atom is -0.465 e. The fourth-order valence-electron chi connectivity index (χ4n) is 2.56. The molecule has 2 atom stereocenters. The standard InChI is InChI=1S/C19H19NO2/c1-3-22-19(21)18(15-9-5-4-6-10-15)17(13-20)16-11-7-8-14(2)12-16/h4-12,17-18H,3H2,1-2H3. The smallest absolute Gasteiger partial charge is 0.315 e. The number of benzene rings is 2. The molecule has 2 rings (SSSR count). The first kappa shape index (κ1) is 15.8. The van der Waals surface area contributed by atoms with Gasteiger partial charge in [-0.15, -0.1) is 0 Å². The maximum Gasteiger partial charge on any atom is 0.315 e. The topological polar surface area (TPSA) is 50.1 Å². The second-order valence-corrected chi connectivity index (χ2v) is 5.16. The van der Waals surface area contributed by atoms with Crippen molar-refractivity contribution >= 4 is 5.97 Å². The van der Waals surface area contributed by atoms with E-state index in [4.69, 9.17) is 4.74 Å². The van der Waals surface area contributed by atoms with Gasteiger partial charge in [-0.05, 0) is 25.0 Å². The van der Waals surface area contributed by atoms with Crippen molar-refractivity contribution in [1.29, 1.82) is 5.26 Å². The zero-order chi connectivity index (χ0) is 15.9. The molecule has 2 aromatic rings. The Morgan fingerprint density at radius 3 is 2.41 bits per heavy atom. The van der Waals surface area contributed by atoms with Gasteiger partial charge in [-0.1, -0.05) is 60.2 Å². The summed E-state index contributed by atoms with van der Waals surface area (Å²) in [6.45, 7) is 4.04. The van der Waals surface area contributed by atoms with Crippen molar-refractivity contribution in [2.75, 3.05) is 6.61 Å². The molecule has 0 spiro atoms. The molecular formula is C19H19NO2. The number of esters is 1. The van der Waals surface area contributed by atoms with Gasteiger partial charge in [-0.3, -0.25) is 4.79 Å². The first-order valence-electron chi connectivity index (χ1n) is 7.35. The largest absolute Gasteiger partial charge is 0.465 e. The van der Waals surface area contributed by atoms with E-state index in [9.17, 15) is 10.1 Å². The molecular weight excluding hydrogens is 274 g/mol. The zero-order valence-electron chi connectivity index (χ0n) is 12.8. The molecule has 0 radical (unpaired) electrons. The van der Waals surface area contributed by atoms with Crippen molar-refractivity contribution in [3.05, 3.63) is 71.3 Å². The third-order valence-electron chi connectivity index (χ3n) is 3.57. The van der Waals surface area contributed by atoms with Crippen molar-refractivity contribution in [2.24, 2.45) is 0 Å². The SMILES string of the molecule is CCOC(=O)C(c1ccccc1)C(C#N)c1cccc(C)c1.